The van der Waals surface area contributed by atoms with Gasteiger partial charge < -0.3 is 5.32 Å². The maximum absolute atomic E-state index is 13.0. The topological polar surface area (TPSA) is 46.2 Å². The molecule has 0 spiro atoms. The van der Waals surface area contributed by atoms with E-state index >= 15 is 0 Å². The van der Waals surface area contributed by atoms with Crippen LogP contribution < -0.4 is 5.32 Å². The normalized spacial score (nSPS) is 18.8. The summed E-state index contributed by atoms with van der Waals surface area (Å²) in [5, 5.41) is 3.58. The average molecular weight is 410 g/mol. The molecule has 0 aliphatic carbocycles. The van der Waals surface area contributed by atoms with Crippen LogP contribution in [-0.2, 0) is 16.1 Å². The molecule has 1 amide bonds. The second-order valence-electron chi connectivity index (χ2n) is 7.50. The third-order valence-corrected chi connectivity index (χ3v) is 5.57. The number of ketones is 1. The first-order valence-corrected chi connectivity index (χ1v) is 10.2. The molecule has 1 atom stereocenters. The zero-order valence-corrected chi connectivity index (χ0v) is 17.8. The van der Waals surface area contributed by atoms with E-state index in [2.05, 4.69) is 12.2 Å². The highest BCUT2D eigenvalue weighted by molar-refractivity contribution is 6.30. The number of amides is 1. The third-order valence-electron chi connectivity index (χ3n) is 5.32. The number of rotatable bonds is 6. The number of nitrogens with zero attached hydrogens (tertiary/aromatic N) is 1. The van der Waals surface area contributed by atoms with E-state index in [9.17, 15) is 9.59 Å². The van der Waals surface area contributed by atoms with Crippen molar-refractivity contribution in [1.29, 1.82) is 0 Å². The molecular formula is C24H26ClN2O2+. The zero-order chi connectivity index (χ0) is 21.0. The molecule has 0 saturated carbocycles. The minimum atomic E-state index is -0.372. The van der Waals surface area contributed by atoms with E-state index in [1.54, 1.807) is 6.08 Å². The minimum absolute atomic E-state index is 0.182. The van der Waals surface area contributed by atoms with Gasteiger partial charge in [0, 0.05) is 29.3 Å². The SMILES string of the molecule is CCC[N+]1(Cc2ccc(Cl)cc2)C=C(C(=O)Nc2ccccc2C)C(=O)C=C1C. The van der Waals surface area contributed by atoms with Crippen LogP contribution in [-0.4, -0.2) is 22.7 Å². The first-order valence-electron chi connectivity index (χ1n) is 9.79. The summed E-state index contributed by atoms with van der Waals surface area (Å²) in [6.07, 6.45) is 4.33. The molecule has 0 bridgehead atoms. The van der Waals surface area contributed by atoms with Crippen LogP contribution >= 0.6 is 11.6 Å². The van der Waals surface area contributed by atoms with Crippen LogP contribution in [0.25, 0.3) is 0 Å². The number of aryl methyl sites for hydroxylation is 1. The maximum Gasteiger partial charge on any atom is 0.265 e. The lowest BCUT2D eigenvalue weighted by molar-refractivity contribution is -0.856. The Morgan fingerprint density at radius 2 is 1.76 bits per heavy atom. The fourth-order valence-corrected chi connectivity index (χ4v) is 3.81. The quantitative estimate of drug-likeness (QED) is 0.514. The van der Waals surface area contributed by atoms with E-state index in [1.165, 1.54) is 0 Å². The van der Waals surface area contributed by atoms with E-state index in [-0.39, 0.29) is 17.3 Å². The second-order valence-corrected chi connectivity index (χ2v) is 7.94. The first-order chi connectivity index (χ1) is 13.8. The van der Waals surface area contributed by atoms with Gasteiger partial charge in [-0.1, -0.05) is 48.9 Å². The molecular weight excluding hydrogens is 384 g/mol. The van der Waals surface area contributed by atoms with E-state index in [0.717, 1.165) is 29.8 Å². The molecule has 5 heteroatoms. The Hall–Kier alpha value is -2.69. The Balaban J connectivity index is 1.96. The maximum atomic E-state index is 13.0. The number of allylic oxidation sites excluding steroid dienone is 2. The van der Waals surface area contributed by atoms with Gasteiger partial charge in [0.2, 0.25) is 5.78 Å². The van der Waals surface area contributed by atoms with E-state index in [4.69, 9.17) is 11.6 Å². The van der Waals surface area contributed by atoms with Gasteiger partial charge >= 0.3 is 0 Å². The monoisotopic (exact) mass is 409 g/mol. The van der Waals surface area contributed by atoms with Gasteiger partial charge in [-0.05, 0) is 37.1 Å². The molecule has 1 heterocycles. The van der Waals surface area contributed by atoms with Gasteiger partial charge in [0.1, 0.15) is 24.0 Å². The molecule has 0 radical (unpaired) electrons. The number of hydrogen-bond donors (Lipinski definition) is 1. The van der Waals surface area contributed by atoms with Crippen LogP contribution in [0, 0.1) is 6.92 Å². The Labute approximate surface area is 177 Å². The molecule has 2 aromatic carbocycles. The number of benzene rings is 2. The van der Waals surface area contributed by atoms with E-state index in [1.807, 2.05) is 68.6 Å². The Kier molecular flexibility index (Phi) is 6.36. The number of hydrogen-bond acceptors (Lipinski definition) is 2. The van der Waals surface area contributed by atoms with E-state index in [0.29, 0.717) is 21.7 Å². The summed E-state index contributed by atoms with van der Waals surface area (Å²) in [5.41, 5.74) is 3.87. The van der Waals surface area contributed by atoms with Crippen LogP contribution in [0.4, 0.5) is 5.69 Å². The van der Waals surface area contributed by atoms with Crippen LogP contribution in [0.1, 0.15) is 31.4 Å². The zero-order valence-electron chi connectivity index (χ0n) is 17.0. The predicted octanol–water partition coefficient (Wildman–Crippen LogP) is 5.38. The number of anilines is 1. The van der Waals surface area contributed by atoms with Crippen molar-refractivity contribution in [2.75, 3.05) is 11.9 Å². The van der Waals surface area contributed by atoms with E-state index < -0.39 is 0 Å². The molecule has 1 aliphatic heterocycles. The van der Waals surface area contributed by atoms with Gasteiger partial charge in [0.15, 0.2) is 0 Å². The average Bonchev–Trinajstić information content (AvgIpc) is 2.68. The van der Waals surface area contributed by atoms with Crippen molar-refractivity contribution in [3.05, 3.63) is 88.2 Å². The van der Waals surface area contributed by atoms with Crippen molar-refractivity contribution in [3.8, 4) is 0 Å². The summed E-state index contributed by atoms with van der Waals surface area (Å²) < 4.78 is 0.445. The molecule has 150 valence electrons. The van der Waals surface area contributed by atoms with Crippen LogP contribution in [0.2, 0.25) is 5.02 Å². The van der Waals surface area contributed by atoms with Crippen LogP contribution in [0.3, 0.4) is 0 Å². The second kappa shape index (κ2) is 8.76. The van der Waals surface area contributed by atoms with Crippen molar-refractivity contribution in [3.63, 3.8) is 0 Å². The van der Waals surface area contributed by atoms with Gasteiger partial charge in [-0.25, -0.2) is 0 Å². The predicted molar refractivity (Wildman–Crippen MR) is 117 cm³/mol. The number of carbonyl (C=O) groups is 2. The highest BCUT2D eigenvalue weighted by Gasteiger charge is 2.36. The fourth-order valence-electron chi connectivity index (χ4n) is 3.69. The highest BCUT2D eigenvalue weighted by Crippen LogP contribution is 2.30. The molecule has 1 unspecified atom stereocenters. The Morgan fingerprint density at radius 1 is 1.07 bits per heavy atom. The lowest BCUT2D eigenvalue weighted by Gasteiger charge is -2.37. The summed E-state index contributed by atoms with van der Waals surface area (Å²) in [7, 11) is 0. The number of quaternary nitrogens is 1. The Bertz CT molecular complexity index is 992. The molecule has 0 aromatic heterocycles. The van der Waals surface area contributed by atoms with Gasteiger partial charge in [-0.15, -0.1) is 0 Å². The van der Waals surface area contributed by atoms with Crippen LogP contribution in [0.15, 0.2) is 72.1 Å². The molecule has 1 N–H and O–H groups in total. The van der Waals surface area contributed by atoms with Crippen molar-refractivity contribution < 1.29 is 14.1 Å². The standard InChI is InChI=1S/C24H25ClN2O2/c1-4-13-27(15-19-9-11-20(25)12-10-19)16-21(23(28)14-18(27)3)24(29)26-22-8-6-5-7-17(22)2/h5-12,14,16H,4,13,15H2,1-3H3/p+1. The molecule has 0 saturated heterocycles. The summed E-state index contributed by atoms with van der Waals surface area (Å²) in [6, 6.07) is 15.2. The van der Waals surface area contributed by atoms with Gasteiger partial charge in [0.25, 0.3) is 5.91 Å². The third kappa shape index (κ3) is 4.66. The smallest absolute Gasteiger partial charge is 0.265 e. The number of carbonyl (C=O) groups excluding carboxylic acids is 2. The number of halogens is 1. The fraction of sp³-hybridized carbons (Fsp3) is 0.250. The lowest BCUT2D eigenvalue weighted by Crippen LogP contribution is -2.45. The van der Waals surface area contributed by atoms with Gasteiger partial charge in [0.05, 0.1) is 6.54 Å². The molecule has 4 nitrogen and oxygen atoms in total. The first kappa shape index (κ1) is 21.0. The molecule has 2 aromatic rings. The molecule has 0 fully saturated rings. The molecule has 1 aliphatic rings. The van der Waals surface area contributed by atoms with Crippen LogP contribution in [0.5, 0.6) is 0 Å². The molecule has 3 rings (SSSR count). The summed E-state index contributed by atoms with van der Waals surface area (Å²) in [6.45, 7) is 7.43. The summed E-state index contributed by atoms with van der Waals surface area (Å²) in [5.74, 6) is -0.627. The van der Waals surface area contributed by atoms with Crippen molar-refractivity contribution in [1.82, 2.24) is 0 Å². The largest absolute Gasteiger partial charge is 0.321 e. The number of para-hydroxylation sites is 1. The van der Waals surface area contributed by atoms with Crippen molar-refractivity contribution in [2.24, 2.45) is 0 Å². The van der Waals surface area contributed by atoms with Crippen molar-refractivity contribution >= 4 is 29.0 Å². The molecule has 29 heavy (non-hydrogen) atoms. The van der Waals surface area contributed by atoms with Crippen molar-refractivity contribution in [2.45, 2.75) is 33.7 Å². The number of nitrogens with one attached hydrogen (secondary N) is 1. The van der Waals surface area contributed by atoms with Gasteiger partial charge in [-0.2, -0.15) is 0 Å². The highest BCUT2D eigenvalue weighted by atomic mass is 35.5. The summed E-state index contributed by atoms with van der Waals surface area (Å²) >= 11 is 6.03. The van der Waals surface area contributed by atoms with Gasteiger partial charge in [-0.3, -0.25) is 14.1 Å². The Morgan fingerprint density at radius 3 is 2.41 bits per heavy atom. The minimum Gasteiger partial charge on any atom is -0.321 e. The lowest BCUT2D eigenvalue weighted by atomic mass is 10.0. The summed E-state index contributed by atoms with van der Waals surface area (Å²) in [4.78, 5) is 25.6.